The maximum Gasteiger partial charge on any atom is 0.490 e. The van der Waals surface area contributed by atoms with Gasteiger partial charge < -0.3 is 60.1 Å². The van der Waals surface area contributed by atoms with Gasteiger partial charge in [0.05, 0.1) is 58.9 Å². The lowest BCUT2D eigenvalue weighted by atomic mass is 9.78. The fourth-order valence-corrected chi connectivity index (χ4v) is 19.8. The summed E-state index contributed by atoms with van der Waals surface area (Å²) in [7, 11) is -55.3. The Bertz CT molecular complexity index is 4230. The molecular formula is C47H74N5O36P6S4+. The van der Waals surface area contributed by atoms with Crippen LogP contribution < -0.4 is 20.9 Å². The predicted molar refractivity (Wildman–Crippen MR) is 340 cm³/mol. The van der Waals surface area contributed by atoms with Crippen LogP contribution in [0.15, 0.2) is 54.3 Å². The molecule has 2 aromatic carbocycles. The first-order valence-corrected chi connectivity index (χ1v) is 44.0. The van der Waals surface area contributed by atoms with Crippen LogP contribution in [0.5, 0.6) is 0 Å². The third-order valence-corrected chi connectivity index (χ3v) is 26.5. The summed E-state index contributed by atoms with van der Waals surface area (Å²) in [6.07, 6.45) is 2.64. The molecule has 2 aromatic rings. The van der Waals surface area contributed by atoms with Crippen LogP contribution in [-0.2, 0) is 114 Å². The minimum absolute atomic E-state index is 0.000725. The van der Waals surface area contributed by atoms with Crippen molar-refractivity contribution in [2.45, 2.75) is 95.7 Å². The number of nitrogens with zero attached hydrogens (tertiary/aromatic N) is 2. The number of phosphoric acid groups is 6. The highest BCUT2D eigenvalue weighted by Crippen LogP contribution is 2.75. The maximum absolute atomic E-state index is 14.1. The van der Waals surface area contributed by atoms with Crippen LogP contribution in [0.1, 0.15) is 115 Å². The lowest BCUT2D eigenvalue weighted by molar-refractivity contribution is -0.437. The molecule has 8 unspecified atom stereocenters. The van der Waals surface area contributed by atoms with Crippen molar-refractivity contribution < 1.29 is 168 Å². The van der Waals surface area contributed by atoms with Crippen LogP contribution in [-0.4, -0.2) is 202 Å². The third kappa shape index (κ3) is 26.5. The van der Waals surface area contributed by atoms with E-state index in [1.807, 2.05) is 0 Å². The minimum Gasteiger partial charge on any atom is -0.390 e. The van der Waals surface area contributed by atoms with E-state index in [1.165, 1.54) is 12.1 Å². The molecule has 0 spiro atoms. The smallest absolute Gasteiger partial charge is 0.390 e. The highest BCUT2D eigenvalue weighted by Gasteiger charge is 2.51. The predicted octanol–water partition coefficient (Wildman–Crippen LogP) is 3.25. The Balaban J connectivity index is 1.28. The standard InChI is InChI=1S/C47H73N5O36P6S4/c1-46(2)39(15-10-16-40-47(3,4)42-34(45(56)50-20-28-98(78,79)80)29-32(43(54)49-19-27-97(75,76)77)30-36(42)52(40)22-12-26-96(72,73)74)51(21-11-25-95(69,70)71)35-14-9-13-33(41(35)46)44(55)48-18-7-5-6-8-23-82-89(57,58)84-91(61,62)86-93(65,66)88-94(67,68)87-92(63,64)85-90(59,60)83-31-38-37(53)17-24-81-38/h9-10,13-16,29-30,37-38,53H,5-8,11-12,17-28,31H2,1-4H3,(H12-,48,49,50,54,55,56,57,58,59,60,61,62,63,64,65,66,67,68,69,70,71,72,73,74,75,76,77,78,79,80)/p+1. The molecule has 1 fully saturated rings. The van der Waals surface area contributed by atoms with Gasteiger partial charge in [-0.25, -0.2) is 27.4 Å². The number of anilines is 1. The molecule has 556 valence electrons. The molecule has 3 aliphatic rings. The van der Waals surface area contributed by atoms with Crippen molar-refractivity contribution in [1.82, 2.24) is 16.0 Å². The maximum atomic E-state index is 14.1. The molecule has 41 nitrogen and oxygen atoms in total. The zero-order valence-electron chi connectivity index (χ0n) is 52.0. The number of rotatable bonds is 40. The first-order chi connectivity index (χ1) is 44.7. The fourth-order valence-electron chi connectivity index (χ4n) is 10.3. The normalized spacial score (nSPS) is 21.3. The van der Waals surface area contributed by atoms with Crippen molar-refractivity contribution in [3.63, 3.8) is 0 Å². The number of carbonyl (C=O) groups is 3. The van der Waals surface area contributed by atoms with Crippen LogP contribution in [0, 0.1) is 0 Å². The van der Waals surface area contributed by atoms with Gasteiger partial charge in [-0.2, -0.15) is 59.8 Å². The largest absolute Gasteiger partial charge is 0.490 e. The first-order valence-electron chi connectivity index (χ1n) is 28.6. The van der Waals surface area contributed by atoms with Gasteiger partial charge in [0.2, 0.25) is 5.69 Å². The Morgan fingerprint density at radius 1 is 0.602 bits per heavy atom. The summed E-state index contributed by atoms with van der Waals surface area (Å²) in [4.78, 5) is 102. The van der Waals surface area contributed by atoms with E-state index in [0.717, 1.165) is 6.07 Å². The van der Waals surface area contributed by atoms with Gasteiger partial charge in [0, 0.05) is 84.8 Å². The number of hydrogen-bond acceptors (Lipinski definition) is 27. The lowest BCUT2D eigenvalue weighted by Crippen LogP contribution is -2.32. The van der Waals surface area contributed by atoms with E-state index in [0.29, 0.717) is 22.7 Å². The molecule has 0 bridgehead atoms. The Morgan fingerprint density at radius 3 is 1.62 bits per heavy atom. The monoisotopic (exact) mass is 1600 g/mol. The number of ether oxygens (including phenoxy) is 1. The van der Waals surface area contributed by atoms with Gasteiger partial charge in [0.15, 0.2) is 5.71 Å². The van der Waals surface area contributed by atoms with Crippen LogP contribution in [0.4, 0.5) is 11.4 Å². The van der Waals surface area contributed by atoms with Crippen molar-refractivity contribution >= 4 is 122 Å². The minimum atomic E-state index is -6.52. The van der Waals surface area contributed by atoms with Crippen molar-refractivity contribution in [3.05, 3.63) is 82.1 Å². The number of hydrogen-bond donors (Lipinski definition) is 14. The molecule has 51 heteroatoms. The topological polar surface area (TPSA) is 629 Å². The van der Waals surface area contributed by atoms with Gasteiger partial charge in [-0.1, -0.05) is 38.8 Å². The van der Waals surface area contributed by atoms with E-state index in [2.05, 4.69) is 46.6 Å². The molecular weight excluding hydrogens is 1520 g/mol. The van der Waals surface area contributed by atoms with Crippen molar-refractivity contribution in [2.24, 2.45) is 0 Å². The second-order valence-corrected chi connectivity index (χ2v) is 38.3. The first kappa shape index (κ1) is 84.9. The molecule has 8 atom stereocenters. The summed E-state index contributed by atoms with van der Waals surface area (Å²) >= 11 is 0. The second-order valence-electron chi connectivity index (χ2n) is 22.6. The van der Waals surface area contributed by atoms with Crippen LogP contribution >= 0.6 is 46.9 Å². The molecule has 5 rings (SSSR count). The summed E-state index contributed by atoms with van der Waals surface area (Å²) in [5, 5.41) is 17.2. The highest BCUT2D eigenvalue weighted by molar-refractivity contribution is 7.86. The number of aliphatic hydroxyl groups is 1. The van der Waals surface area contributed by atoms with Crippen LogP contribution in [0.3, 0.4) is 0 Å². The molecule has 1 saturated heterocycles. The highest BCUT2D eigenvalue weighted by atomic mass is 32.2. The van der Waals surface area contributed by atoms with Gasteiger partial charge >= 0.3 is 46.9 Å². The van der Waals surface area contributed by atoms with Crippen molar-refractivity contribution in [1.29, 1.82) is 0 Å². The summed E-state index contributed by atoms with van der Waals surface area (Å²) in [6, 6.07) is 7.16. The molecule has 14 N–H and O–H groups in total. The number of allylic oxidation sites excluding steroid dienone is 4. The zero-order valence-corrected chi connectivity index (χ0v) is 60.7. The van der Waals surface area contributed by atoms with Gasteiger partial charge in [-0.05, 0) is 63.8 Å². The number of aliphatic hydroxyl groups excluding tert-OH is 1. The van der Waals surface area contributed by atoms with E-state index < -0.39 is 177 Å². The molecule has 0 aromatic heterocycles. The van der Waals surface area contributed by atoms with Crippen LogP contribution in [0.25, 0.3) is 0 Å². The van der Waals surface area contributed by atoms with E-state index in [9.17, 15) is 128 Å². The summed E-state index contributed by atoms with van der Waals surface area (Å²) < 4.78 is 240. The molecule has 0 aliphatic carbocycles. The molecule has 3 amide bonds. The average molecular weight is 1600 g/mol. The van der Waals surface area contributed by atoms with Gasteiger partial charge in [-0.15, -0.1) is 0 Å². The Hall–Kier alpha value is -3.78. The summed E-state index contributed by atoms with van der Waals surface area (Å²) in [6.45, 7) is 3.72. The quantitative estimate of drug-likeness (QED) is 0.0197. The number of nitrogens with one attached hydrogen (secondary N) is 3. The second kappa shape index (κ2) is 33.3. The molecule has 0 radical (unpaired) electrons. The van der Waals surface area contributed by atoms with Crippen molar-refractivity contribution in [2.75, 3.05) is 80.5 Å². The average Bonchev–Trinajstić information content (AvgIpc) is 1.58. The Kier molecular flexibility index (Phi) is 28.9. The van der Waals surface area contributed by atoms with Gasteiger partial charge in [-0.3, -0.25) is 41.6 Å². The molecule has 3 heterocycles. The Morgan fingerprint density at radius 2 is 1.09 bits per heavy atom. The number of carbonyl (C=O) groups excluding carboxylic acids is 3. The summed E-state index contributed by atoms with van der Waals surface area (Å²) in [5.41, 5.74) is -0.727. The number of phosphoric ester groups is 2. The van der Waals surface area contributed by atoms with Crippen molar-refractivity contribution in [3.8, 4) is 0 Å². The number of benzene rings is 2. The molecule has 98 heavy (non-hydrogen) atoms. The Labute approximate surface area is 561 Å². The van der Waals surface area contributed by atoms with E-state index >= 15 is 0 Å². The van der Waals surface area contributed by atoms with E-state index in [-0.39, 0.29) is 99.1 Å². The number of unbranched alkanes of at least 4 members (excludes halogenated alkanes) is 3. The number of fused-ring (bicyclic) bond motifs is 2. The number of amides is 3. The van der Waals surface area contributed by atoms with E-state index in [1.54, 1.807) is 67.5 Å². The molecule has 3 aliphatic heterocycles. The van der Waals surface area contributed by atoms with E-state index in [4.69, 9.17) is 4.74 Å². The molecule has 0 saturated carbocycles. The summed E-state index contributed by atoms with van der Waals surface area (Å²) in [5.74, 6) is -5.74. The fraction of sp³-hybridized carbons (Fsp3) is 0.574. The van der Waals surface area contributed by atoms with Crippen LogP contribution in [0.2, 0.25) is 0 Å². The van der Waals surface area contributed by atoms with Gasteiger partial charge in [0.1, 0.15) is 12.6 Å². The SMILES string of the molecule is CC1(C)C(=CC=CC2=[N+](CCCS(=O)(=O)O)c3cccc(C(=O)NCCCCCCOP(=O)(O)OP(=O)(O)OP(=O)(O)OP(=O)(O)OP(=O)(O)OP(=O)(O)OCC4OCCC4O)c3C2(C)C)N(CCCS(=O)(=O)O)c2cc(C(=O)NCCS(=O)(=O)O)cc(C(=O)NCCS(=O)(=O)O)c21. The zero-order chi connectivity index (χ0) is 74.1. The third-order valence-electron chi connectivity index (χ3n) is 14.2. The lowest BCUT2D eigenvalue weighted by Gasteiger charge is -2.27. The van der Waals surface area contributed by atoms with Gasteiger partial charge in [0.25, 0.3) is 58.2 Å².